The molecule has 2 unspecified atom stereocenters. The van der Waals surface area contributed by atoms with E-state index in [1.807, 2.05) is 0 Å². The summed E-state index contributed by atoms with van der Waals surface area (Å²) in [6.07, 6.45) is 3.11. The van der Waals surface area contributed by atoms with Gasteiger partial charge >= 0.3 is 5.97 Å². The highest BCUT2D eigenvalue weighted by Crippen LogP contribution is 2.46. The minimum Gasteiger partial charge on any atom is -0.469 e. The number of piperidine rings is 1. The smallest absolute Gasteiger partial charge is 0.310 e. The molecular formula is C16H20FNO2. The van der Waals surface area contributed by atoms with E-state index >= 15 is 0 Å². The molecule has 108 valence electrons. The van der Waals surface area contributed by atoms with Crippen molar-refractivity contribution in [2.45, 2.75) is 37.3 Å². The van der Waals surface area contributed by atoms with Crippen molar-refractivity contribution in [2.75, 3.05) is 14.2 Å². The molecule has 0 spiro atoms. The highest BCUT2D eigenvalue weighted by Gasteiger charge is 2.49. The molecule has 2 saturated heterocycles. The monoisotopic (exact) mass is 276 g/mol. The first-order valence-electron chi connectivity index (χ1n) is 7.17. The molecule has 0 aromatic heterocycles. The number of nitrogens with zero attached hydrogens (tertiary/aromatic N) is 1. The van der Waals surface area contributed by atoms with Crippen LogP contribution in [0.15, 0.2) is 24.3 Å². The van der Waals surface area contributed by atoms with E-state index in [1.54, 1.807) is 12.1 Å². The topological polar surface area (TPSA) is 29.5 Å². The molecule has 2 heterocycles. The van der Waals surface area contributed by atoms with Gasteiger partial charge in [0.2, 0.25) is 0 Å². The van der Waals surface area contributed by atoms with Gasteiger partial charge in [-0.3, -0.25) is 9.69 Å². The molecule has 2 aliphatic heterocycles. The van der Waals surface area contributed by atoms with E-state index in [1.165, 1.54) is 19.2 Å². The number of hydrogen-bond acceptors (Lipinski definition) is 3. The Morgan fingerprint density at radius 1 is 1.30 bits per heavy atom. The highest BCUT2D eigenvalue weighted by molar-refractivity contribution is 5.75. The van der Waals surface area contributed by atoms with Crippen molar-refractivity contribution in [2.24, 2.45) is 5.92 Å². The van der Waals surface area contributed by atoms with E-state index in [-0.39, 0.29) is 29.7 Å². The predicted octanol–water partition coefficient (Wildman–Crippen LogP) is 2.57. The summed E-state index contributed by atoms with van der Waals surface area (Å²) in [6, 6.07) is 7.34. The number of fused-ring (bicyclic) bond motifs is 2. The van der Waals surface area contributed by atoms with Crippen molar-refractivity contribution >= 4 is 5.97 Å². The van der Waals surface area contributed by atoms with Crippen LogP contribution in [-0.4, -0.2) is 37.1 Å². The second-order valence-electron chi connectivity index (χ2n) is 5.91. The van der Waals surface area contributed by atoms with Gasteiger partial charge in [0, 0.05) is 18.0 Å². The first-order valence-corrected chi connectivity index (χ1v) is 7.17. The van der Waals surface area contributed by atoms with E-state index in [2.05, 4.69) is 11.9 Å². The Morgan fingerprint density at radius 2 is 2.00 bits per heavy atom. The van der Waals surface area contributed by atoms with Crippen LogP contribution in [0.25, 0.3) is 0 Å². The quantitative estimate of drug-likeness (QED) is 0.778. The van der Waals surface area contributed by atoms with Crippen LogP contribution in [0.1, 0.15) is 30.7 Å². The normalized spacial score (nSPS) is 33.1. The Morgan fingerprint density at radius 3 is 2.65 bits per heavy atom. The third-order valence-electron chi connectivity index (χ3n) is 5.04. The molecule has 0 N–H and O–H groups in total. The fourth-order valence-electron chi connectivity index (χ4n) is 3.98. The molecule has 1 aromatic carbocycles. The number of esters is 1. The van der Waals surface area contributed by atoms with Crippen molar-refractivity contribution in [1.82, 2.24) is 4.90 Å². The van der Waals surface area contributed by atoms with Crippen LogP contribution in [0.4, 0.5) is 4.39 Å². The summed E-state index contributed by atoms with van der Waals surface area (Å²) in [4.78, 5) is 14.5. The van der Waals surface area contributed by atoms with Gasteiger partial charge in [0.15, 0.2) is 0 Å². The average molecular weight is 276 g/mol. The van der Waals surface area contributed by atoms with E-state index in [9.17, 15) is 9.18 Å². The summed E-state index contributed by atoms with van der Waals surface area (Å²) in [6.45, 7) is 0. The van der Waals surface area contributed by atoms with Gasteiger partial charge in [-0.15, -0.1) is 0 Å². The first kappa shape index (κ1) is 13.6. The Hall–Kier alpha value is -1.42. The SMILES string of the molecule is COC(=O)[C@@H]1C2CCC(C[C@@H]1c1ccc([18F])cc1)N2C. The van der Waals surface area contributed by atoms with E-state index in [0.717, 1.165) is 24.8 Å². The van der Waals surface area contributed by atoms with E-state index < -0.39 is 0 Å². The van der Waals surface area contributed by atoms with Crippen LogP contribution in [0.2, 0.25) is 0 Å². The number of carbonyl (C=O) groups is 1. The van der Waals surface area contributed by atoms with Crippen LogP contribution in [0, 0.1) is 11.7 Å². The summed E-state index contributed by atoms with van der Waals surface area (Å²) < 4.78 is 18.1. The van der Waals surface area contributed by atoms with Gasteiger partial charge in [0.25, 0.3) is 0 Å². The Kier molecular flexibility index (Phi) is 3.50. The molecule has 0 amide bonds. The van der Waals surface area contributed by atoms with E-state index in [0.29, 0.717) is 6.04 Å². The summed E-state index contributed by atoms with van der Waals surface area (Å²) in [7, 11) is 3.55. The first-order chi connectivity index (χ1) is 9.61. The number of rotatable bonds is 2. The number of halogens is 1. The number of hydrogen-bond donors (Lipinski definition) is 0. The molecule has 2 bridgehead atoms. The molecule has 1 aromatic rings. The maximum absolute atomic E-state index is 13.1. The van der Waals surface area contributed by atoms with Crippen LogP contribution >= 0.6 is 0 Å². The van der Waals surface area contributed by atoms with Gasteiger partial charge in [-0.2, -0.15) is 0 Å². The Labute approximate surface area is 118 Å². The second kappa shape index (κ2) is 5.17. The van der Waals surface area contributed by atoms with Crippen LogP contribution in [0.3, 0.4) is 0 Å². The van der Waals surface area contributed by atoms with Gasteiger partial charge in [-0.05, 0) is 44.0 Å². The highest BCUT2D eigenvalue weighted by atomic mass is 18.2. The Bertz CT molecular complexity index is 502. The summed E-state index contributed by atoms with van der Waals surface area (Å²) in [5, 5.41) is 0. The lowest BCUT2D eigenvalue weighted by molar-refractivity contribution is -0.150. The molecule has 0 saturated carbocycles. The number of benzene rings is 1. The van der Waals surface area contributed by atoms with Crippen molar-refractivity contribution < 1.29 is 13.9 Å². The Balaban J connectivity index is 1.95. The summed E-state index contributed by atoms with van der Waals surface area (Å²) >= 11 is 0. The van der Waals surface area contributed by atoms with Gasteiger partial charge < -0.3 is 4.74 Å². The lowest BCUT2D eigenvalue weighted by Crippen LogP contribution is -2.49. The molecule has 20 heavy (non-hydrogen) atoms. The van der Waals surface area contributed by atoms with Crippen LogP contribution in [-0.2, 0) is 9.53 Å². The maximum atomic E-state index is 13.1. The molecule has 4 atom stereocenters. The molecule has 2 fully saturated rings. The number of ether oxygens (including phenoxy) is 1. The number of carbonyl (C=O) groups excluding carboxylic acids is 1. The third kappa shape index (κ3) is 2.12. The fraction of sp³-hybridized carbons (Fsp3) is 0.562. The second-order valence-corrected chi connectivity index (χ2v) is 5.91. The largest absolute Gasteiger partial charge is 0.469 e. The van der Waals surface area contributed by atoms with Crippen molar-refractivity contribution in [1.29, 1.82) is 0 Å². The molecular weight excluding hydrogens is 256 g/mol. The zero-order valence-corrected chi connectivity index (χ0v) is 11.9. The fourth-order valence-corrected chi connectivity index (χ4v) is 3.98. The minimum absolute atomic E-state index is 0.136. The van der Waals surface area contributed by atoms with Crippen molar-refractivity contribution in [3.8, 4) is 0 Å². The van der Waals surface area contributed by atoms with Gasteiger partial charge in [0.05, 0.1) is 13.0 Å². The maximum Gasteiger partial charge on any atom is 0.310 e. The molecule has 2 aliphatic rings. The number of methoxy groups -OCH3 is 1. The van der Waals surface area contributed by atoms with E-state index in [4.69, 9.17) is 4.74 Å². The van der Waals surface area contributed by atoms with Crippen LogP contribution < -0.4 is 0 Å². The average Bonchev–Trinajstić information content (AvgIpc) is 2.70. The predicted molar refractivity (Wildman–Crippen MR) is 73.8 cm³/mol. The minimum atomic E-state index is -0.237. The van der Waals surface area contributed by atoms with Gasteiger partial charge in [-0.1, -0.05) is 12.1 Å². The molecule has 0 aliphatic carbocycles. The van der Waals surface area contributed by atoms with Crippen molar-refractivity contribution in [3.05, 3.63) is 35.6 Å². The molecule has 3 rings (SSSR count). The third-order valence-corrected chi connectivity index (χ3v) is 5.04. The summed E-state index contributed by atoms with van der Waals surface area (Å²) in [5.41, 5.74) is 1.05. The molecule has 4 heteroatoms. The molecule has 0 radical (unpaired) electrons. The zero-order chi connectivity index (χ0) is 14.3. The summed E-state index contributed by atoms with van der Waals surface area (Å²) in [5.74, 6) is -0.387. The van der Waals surface area contributed by atoms with Gasteiger partial charge in [0.1, 0.15) is 5.82 Å². The van der Waals surface area contributed by atoms with Crippen LogP contribution in [0.5, 0.6) is 0 Å². The lowest BCUT2D eigenvalue weighted by atomic mass is 9.76. The zero-order valence-electron chi connectivity index (χ0n) is 11.9. The molecule has 3 nitrogen and oxygen atoms in total. The standard InChI is InChI=1S/C16H20FNO2/c1-18-12-7-8-14(18)15(16(19)20-2)13(9-12)10-3-5-11(17)6-4-10/h3-6,12-15H,7-9H2,1-2H3/t12?,13-,14?,15+/m1/s1/i17-1. The lowest BCUT2D eigenvalue weighted by Gasteiger charge is -2.41. The van der Waals surface area contributed by atoms with Crippen molar-refractivity contribution in [3.63, 3.8) is 0 Å². The van der Waals surface area contributed by atoms with Gasteiger partial charge in [-0.25, -0.2) is 4.39 Å².